The SMILES string of the molecule is Cc1ccccc1CN1CCN(C(=O)c2cc(C3CC3)n(C(C)(C)C)n2)CC1. The highest BCUT2D eigenvalue weighted by molar-refractivity contribution is 5.92. The lowest BCUT2D eigenvalue weighted by Gasteiger charge is -2.34. The number of hydrogen-bond donors (Lipinski definition) is 0. The number of carbonyl (C=O) groups is 1. The second kappa shape index (κ2) is 7.36. The van der Waals surface area contributed by atoms with Gasteiger partial charge in [0.25, 0.3) is 5.91 Å². The molecule has 0 unspecified atom stereocenters. The van der Waals surface area contributed by atoms with Crippen molar-refractivity contribution in [2.75, 3.05) is 26.2 Å². The fraction of sp³-hybridized carbons (Fsp3) is 0.565. The number of hydrogen-bond acceptors (Lipinski definition) is 3. The van der Waals surface area contributed by atoms with Gasteiger partial charge in [0.2, 0.25) is 0 Å². The Morgan fingerprint density at radius 2 is 1.79 bits per heavy atom. The minimum atomic E-state index is -0.0945. The van der Waals surface area contributed by atoms with Crippen LogP contribution in [-0.2, 0) is 12.1 Å². The van der Waals surface area contributed by atoms with Gasteiger partial charge in [0, 0.05) is 44.3 Å². The van der Waals surface area contributed by atoms with E-state index in [1.54, 1.807) is 0 Å². The van der Waals surface area contributed by atoms with E-state index in [0.29, 0.717) is 11.6 Å². The Balaban J connectivity index is 1.41. The maximum Gasteiger partial charge on any atom is 0.274 e. The van der Waals surface area contributed by atoms with Crippen LogP contribution < -0.4 is 0 Å². The molecule has 1 amide bonds. The van der Waals surface area contributed by atoms with E-state index < -0.39 is 0 Å². The van der Waals surface area contributed by atoms with Gasteiger partial charge >= 0.3 is 0 Å². The number of benzene rings is 1. The molecule has 0 bridgehead atoms. The van der Waals surface area contributed by atoms with Crippen molar-refractivity contribution in [2.24, 2.45) is 0 Å². The molecule has 2 aromatic rings. The van der Waals surface area contributed by atoms with Gasteiger partial charge in [0.15, 0.2) is 5.69 Å². The number of aromatic nitrogens is 2. The maximum absolute atomic E-state index is 13.1. The van der Waals surface area contributed by atoms with Crippen molar-refractivity contribution < 1.29 is 4.79 Å². The second-order valence-corrected chi connectivity index (χ2v) is 9.31. The molecule has 1 saturated carbocycles. The molecule has 2 heterocycles. The molecule has 5 heteroatoms. The van der Waals surface area contributed by atoms with E-state index in [-0.39, 0.29) is 11.4 Å². The predicted octanol–water partition coefficient (Wildman–Crippen LogP) is 3.78. The first-order chi connectivity index (χ1) is 13.3. The van der Waals surface area contributed by atoms with Crippen LogP contribution in [0.5, 0.6) is 0 Å². The number of nitrogens with zero attached hydrogens (tertiary/aromatic N) is 4. The van der Waals surface area contributed by atoms with Crippen molar-refractivity contribution in [1.29, 1.82) is 0 Å². The fourth-order valence-corrected chi connectivity index (χ4v) is 4.01. The molecular weight excluding hydrogens is 348 g/mol. The Hall–Kier alpha value is -2.14. The Morgan fingerprint density at radius 1 is 1.11 bits per heavy atom. The van der Waals surface area contributed by atoms with E-state index in [1.807, 2.05) is 11.0 Å². The molecule has 150 valence electrons. The van der Waals surface area contributed by atoms with Crippen LogP contribution in [0.3, 0.4) is 0 Å². The first-order valence-corrected chi connectivity index (χ1v) is 10.5. The second-order valence-electron chi connectivity index (χ2n) is 9.31. The van der Waals surface area contributed by atoms with E-state index in [1.165, 1.54) is 29.7 Å². The Morgan fingerprint density at radius 3 is 2.39 bits per heavy atom. The van der Waals surface area contributed by atoms with E-state index in [0.717, 1.165) is 32.7 Å². The molecule has 0 N–H and O–H groups in total. The van der Waals surface area contributed by atoms with Crippen molar-refractivity contribution in [1.82, 2.24) is 19.6 Å². The van der Waals surface area contributed by atoms with Gasteiger partial charge in [-0.25, -0.2) is 0 Å². The quantitative estimate of drug-likeness (QED) is 0.810. The van der Waals surface area contributed by atoms with Crippen molar-refractivity contribution in [2.45, 2.75) is 58.5 Å². The van der Waals surface area contributed by atoms with Crippen LogP contribution in [0.25, 0.3) is 0 Å². The molecular formula is C23H32N4O. The zero-order valence-electron chi connectivity index (χ0n) is 17.6. The normalized spacial score (nSPS) is 18.5. The van der Waals surface area contributed by atoms with Crippen LogP contribution in [0.15, 0.2) is 30.3 Å². The average molecular weight is 381 g/mol. The van der Waals surface area contributed by atoms with Crippen LogP contribution in [0, 0.1) is 6.92 Å². The van der Waals surface area contributed by atoms with Crippen LogP contribution >= 0.6 is 0 Å². The fourth-order valence-electron chi connectivity index (χ4n) is 4.01. The number of carbonyl (C=O) groups excluding carboxylic acids is 1. The molecule has 1 saturated heterocycles. The summed E-state index contributed by atoms with van der Waals surface area (Å²) in [5, 5.41) is 4.73. The first kappa shape index (κ1) is 19.2. The Labute approximate surface area is 168 Å². The summed E-state index contributed by atoms with van der Waals surface area (Å²) in [5.41, 5.74) is 4.46. The molecule has 2 aliphatic rings. The van der Waals surface area contributed by atoms with Crippen LogP contribution in [0.1, 0.15) is 66.8 Å². The molecule has 1 aliphatic heterocycles. The largest absolute Gasteiger partial charge is 0.335 e. The van der Waals surface area contributed by atoms with Gasteiger partial charge in [-0.15, -0.1) is 0 Å². The van der Waals surface area contributed by atoms with Gasteiger partial charge in [0.05, 0.1) is 5.54 Å². The highest BCUT2D eigenvalue weighted by Gasteiger charge is 2.33. The number of rotatable bonds is 4. The number of piperazine rings is 1. The van der Waals surface area contributed by atoms with E-state index in [9.17, 15) is 4.79 Å². The molecule has 1 aromatic carbocycles. The highest BCUT2D eigenvalue weighted by Crippen LogP contribution is 2.41. The highest BCUT2D eigenvalue weighted by atomic mass is 16.2. The maximum atomic E-state index is 13.1. The van der Waals surface area contributed by atoms with Crippen LogP contribution in [0.2, 0.25) is 0 Å². The minimum Gasteiger partial charge on any atom is -0.335 e. The zero-order chi connectivity index (χ0) is 19.9. The van der Waals surface area contributed by atoms with Crippen molar-refractivity contribution in [3.05, 3.63) is 52.8 Å². The summed E-state index contributed by atoms with van der Waals surface area (Å²) >= 11 is 0. The van der Waals surface area contributed by atoms with Gasteiger partial charge < -0.3 is 4.90 Å². The summed E-state index contributed by atoms with van der Waals surface area (Å²) in [6.07, 6.45) is 2.43. The molecule has 4 rings (SSSR count). The minimum absolute atomic E-state index is 0.0837. The first-order valence-electron chi connectivity index (χ1n) is 10.5. The third kappa shape index (κ3) is 4.00. The van der Waals surface area contributed by atoms with Crippen molar-refractivity contribution in [3.8, 4) is 0 Å². The van der Waals surface area contributed by atoms with E-state index in [2.05, 4.69) is 61.5 Å². The topological polar surface area (TPSA) is 41.4 Å². The third-order valence-electron chi connectivity index (χ3n) is 5.90. The standard InChI is InChI=1S/C23H32N4O/c1-17-7-5-6-8-19(17)16-25-11-13-26(14-12-25)22(28)20-15-21(18-9-10-18)27(24-20)23(2,3)4/h5-8,15,18H,9-14,16H2,1-4H3. The van der Waals surface area contributed by atoms with E-state index in [4.69, 9.17) is 5.10 Å². The van der Waals surface area contributed by atoms with Gasteiger partial charge in [-0.1, -0.05) is 24.3 Å². The Bertz CT molecular complexity index is 852. The zero-order valence-corrected chi connectivity index (χ0v) is 17.6. The molecule has 1 aromatic heterocycles. The third-order valence-corrected chi connectivity index (χ3v) is 5.90. The molecule has 2 fully saturated rings. The van der Waals surface area contributed by atoms with Gasteiger partial charge in [0.1, 0.15) is 0 Å². The average Bonchev–Trinajstić information content (AvgIpc) is 3.40. The molecule has 0 atom stereocenters. The van der Waals surface area contributed by atoms with Crippen LogP contribution in [0.4, 0.5) is 0 Å². The summed E-state index contributed by atoms with van der Waals surface area (Å²) in [6.45, 7) is 13.0. The molecule has 5 nitrogen and oxygen atoms in total. The summed E-state index contributed by atoms with van der Waals surface area (Å²) in [6, 6.07) is 10.6. The van der Waals surface area contributed by atoms with Gasteiger partial charge in [-0.05, 0) is 57.7 Å². The smallest absolute Gasteiger partial charge is 0.274 e. The Kier molecular flexibility index (Phi) is 5.04. The molecule has 0 spiro atoms. The summed E-state index contributed by atoms with van der Waals surface area (Å²) in [4.78, 5) is 17.5. The number of amides is 1. The molecule has 1 aliphatic carbocycles. The number of aryl methyl sites for hydroxylation is 1. The lowest BCUT2D eigenvalue weighted by atomic mass is 10.1. The van der Waals surface area contributed by atoms with Gasteiger partial charge in [-0.3, -0.25) is 14.4 Å². The molecule has 0 radical (unpaired) electrons. The summed E-state index contributed by atoms with van der Waals surface area (Å²) in [7, 11) is 0. The van der Waals surface area contributed by atoms with E-state index >= 15 is 0 Å². The van der Waals surface area contributed by atoms with Crippen molar-refractivity contribution in [3.63, 3.8) is 0 Å². The van der Waals surface area contributed by atoms with Crippen LogP contribution in [-0.4, -0.2) is 51.7 Å². The van der Waals surface area contributed by atoms with Crippen molar-refractivity contribution >= 4 is 5.91 Å². The molecule has 28 heavy (non-hydrogen) atoms. The van der Waals surface area contributed by atoms with Gasteiger partial charge in [-0.2, -0.15) is 5.10 Å². The lowest BCUT2D eigenvalue weighted by molar-refractivity contribution is 0.0621. The summed E-state index contributed by atoms with van der Waals surface area (Å²) in [5.74, 6) is 0.666. The summed E-state index contributed by atoms with van der Waals surface area (Å²) < 4.78 is 2.08. The lowest BCUT2D eigenvalue weighted by Crippen LogP contribution is -2.48. The predicted molar refractivity (Wildman–Crippen MR) is 112 cm³/mol. The monoisotopic (exact) mass is 380 g/mol.